The van der Waals surface area contributed by atoms with Crippen LogP contribution in [0, 0.1) is 0 Å². The van der Waals surface area contributed by atoms with E-state index in [0.29, 0.717) is 26.4 Å². The van der Waals surface area contributed by atoms with E-state index in [4.69, 9.17) is 28.4 Å². The quantitative estimate of drug-likeness (QED) is 0.0538. The number of aliphatic hydroxyl groups excluding tert-OH is 2. The number of benzene rings is 3. The minimum atomic E-state index is -0.858. The molecule has 4 unspecified atom stereocenters. The first-order valence-electron chi connectivity index (χ1n) is 17.9. The summed E-state index contributed by atoms with van der Waals surface area (Å²) < 4.78 is 32.2. The van der Waals surface area contributed by atoms with Gasteiger partial charge in [0.1, 0.15) is 36.9 Å². The molecule has 0 amide bonds. The van der Waals surface area contributed by atoms with Gasteiger partial charge in [-0.2, -0.15) is 0 Å². The Kier molecular flexibility index (Phi) is 19.3. The number of carbonyl (C=O) groups excluding carboxylic acids is 2. The van der Waals surface area contributed by atoms with E-state index in [2.05, 4.69) is 75.5 Å². The Balaban J connectivity index is 1.32. The first-order chi connectivity index (χ1) is 25.2. The van der Waals surface area contributed by atoms with Crippen molar-refractivity contribution < 1.29 is 48.2 Å². The van der Waals surface area contributed by atoms with Gasteiger partial charge in [-0.15, -0.1) is 0 Å². The number of ether oxygens (including phenoxy) is 6. The summed E-state index contributed by atoms with van der Waals surface area (Å²) in [4.78, 5) is 22.1. The van der Waals surface area contributed by atoms with Crippen molar-refractivity contribution in [2.45, 2.75) is 63.6 Å². The van der Waals surface area contributed by atoms with E-state index >= 15 is 0 Å². The Labute approximate surface area is 308 Å². The molecule has 0 spiro atoms. The van der Waals surface area contributed by atoms with Gasteiger partial charge in [-0.05, 0) is 72.2 Å². The summed E-state index contributed by atoms with van der Waals surface area (Å²) in [5.41, 5.74) is 4.91. The van der Waals surface area contributed by atoms with Crippen LogP contribution >= 0.6 is 0 Å². The lowest BCUT2D eigenvalue weighted by molar-refractivity contribution is -0.142. The first-order valence-corrected chi connectivity index (χ1v) is 17.9. The average molecular weight is 719 g/mol. The van der Waals surface area contributed by atoms with Crippen molar-refractivity contribution in [2.24, 2.45) is 0 Å². The van der Waals surface area contributed by atoms with Gasteiger partial charge in [0.05, 0.1) is 26.4 Å². The second-order valence-electron chi connectivity index (χ2n) is 12.5. The zero-order chi connectivity index (χ0) is 37.6. The number of hydrogen-bond donors (Lipinski definition) is 2. The van der Waals surface area contributed by atoms with Crippen molar-refractivity contribution in [1.29, 1.82) is 0 Å². The topological polar surface area (TPSA) is 130 Å². The minimum absolute atomic E-state index is 0.105. The van der Waals surface area contributed by atoms with E-state index in [9.17, 15) is 19.8 Å². The highest BCUT2D eigenvalue weighted by molar-refractivity contribution is 5.81. The number of carbonyl (C=O) groups is 2. The fourth-order valence-electron chi connectivity index (χ4n) is 5.17. The Bertz CT molecular complexity index is 1360. The van der Waals surface area contributed by atoms with Crippen LogP contribution in [0.5, 0.6) is 11.5 Å². The molecular formula is C42H54O10. The van der Waals surface area contributed by atoms with Crippen molar-refractivity contribution in [3.05, 3.63) is 120 Å². The third-order valence-electron chi connectivity index (χ3n) is 8.39. The molecule has 3 rings (SSSR count). The van der Waals surface area contributed by atoms with Crippen molar-refractivity contribution in [3.8, 4) is 11.5 Å². The molecule has 3 aromatic carbocycles. The molecule has 0 fully saturated rings. The third kappa shape index (κ3) is 15.8. The van der Waals surface area contributed by atoms with Crippen LogP contribution < -0.4 is 9.47 Å². The normalized spacial score (nSPS) is 13.3. The van der Waals surface area contributed by atoms with Crippen LogP contribution in [0.2, 0.25) is 0 Å². The van der Waals surface area contributed by atoms with Crippen molar-refractivity contribution >= 4 is 11.9 Å². The van der Waals surface area contributed by atoms with Crippen LogP contribution in [0.3, 0.4) is 0 Å². The molecule has 2 N–H and O–H groups in total. The zero-order valence-electron chi connectivity index (χ0n) is 30.5. The molecule has 10 heteroatoms. The van der Waals surface area contributed by atoms with Gasteiger partial charge in [-0.1, -0.05) is 75.5 Å². The average Bonchev–Trinajstić information content (AvgIpc) is 3.18. The summed E-state index contributed by atoms with van der Waals surface area (Å²) >= 11 is 0. The molecule has 52 heavy (non-hydrogen) atoms. The summed E-state index contributed by atoms with van der Waals surface area (Å²) in [6.07, 6.45) is 3.60. The van der Waals surface area contributed by atoms with Crippen molar-refractivity contribution in [1.82, 2.24) is 0 Å². The molecule has 0 aliphatic carbocycles. The number of rotatable bonds is 26. The van der Waals surface area contributed by atoms with Crippen molar-refractivity contribution in [2.75, 3.05) is 52.9 Å². The van der Waals surface area contributed by atoms with Crippen molar-refractivity contribution in [3.63, 3.8) is 0 Å². The summed E-state index contributed by atoms with van der Waals surface area (Å²) in [5.74, 6) is 0.971. The standard InChI is InChI=1S/C42H54O10/c1-5-41(45)51-29-37(43)27-47-23-7-9-25-49-39-19-15-35(16-20-39)31(3)33-11-13-34(14-12-33)32(4)36-17-21-40(22-18-36)50-26-10-8-24-48-28-38(44)30-52-42(46)6-2/h5-6,11-22,31-32,37-38,43-44H,1-2,7-10,23-30H2,3-4H3. The molecule has 0 heterocycles. The van der Waals surface area contributed by atoms with E-state index in [0.717, 1.165) is 49.3 Å². The largest absolute Gasteiger partial charge is 0.494 e. The number of aliphatic hydroxyl groups is 2. The Hall–Kier alpha value is -4.48. The Morgan fingerprint density at radius 1 is 0.538 bits per heavy atom. The second-order valence-corrected chi connectivity index (χ2v) is 12.5. The summed E-state index contributed by atoms with van der Waals surface area (Å²) in [6.45, 7) is 13.1. The van der Waals surface area contributed by atoms with Gasteiger partial charge in [0, 0.05) is 37.2 Å². The van der Waals surface area contributed by atoms with Crippen LogP contribution in [-0.4, -0.2) is 87.2 Å². The smallest absolute Gasteiger partial charge is 0.330 e. The number of unbranched alkanes of at least 4 members (excludes halogenated alkanes) is 2. The fraction of sp³-hybridized carbons (Fsp3) is 0.429. The van der Waals surface area contributed by atoms with Gasteiger partial charge < -0.3 is 38.6 Å². The molecule has 0 aliphatic rings. The minimum Gasteiger partial charge on any atom is -0.494 e. The highest BCUT2D eigenvalue weighted by atomic mass is 16.6. The molecule has 4 atom stereocenters. The molecule has 282 valence electrons. The predicted octanol–water partition coefficient (Wildman–Crippen LogP) is 6.52. The molecule has 0 aliphatic heterocycles. The van der Waals surface area contributed by atoms with E-state index in [-0.39, 0.29) is 38.3 Å². The van der Waals surface area contributed by atoms with Crippen LogP contribution in [-0.2, 0) is 28.5 Å². The number of hydrogen-bond acceptors (Lipinski definition) is 10. The lowest BCUT2D eigenvalue weighted by Crippen LogP contribution is -2.23. The molecule has 0 radical (unpaired) electrons. The second kappa shape index (κ2) is 23.9. The van der Waals surface area contributed by atoms with Crippen LogP contribution in [0.4, 0.5) is 0 Å². The molecule has 0 aromatic heterocycles. The molecule has 0 saturated heterocycles. The zero-order valence-corrected chi connectivity index (χ0v) is 30.5. The predicted molar refractivity (Wildman–Crippen MR) is 200 cm³/mol. The van der Waals surface area contributed by atoms with Crippen LogP contribution in [0.1, 0.15) is 73.6 Å². The molecule has 0 saturated carbocycles. The Morgan fingerprint density at radius 2 is 0.846 bits per heavy atom. The monoisotopic (exact) mass is 718 g/mol. The van der Waals surface area contributed by atoms with Gasteiger partial charge in [0.2, 0.25) is 0 Å². The lowest BCUT2D eigenvalue weighted by Gasteiger charge is -2.17. The molecule has 10 nitrogen and oxygen atoms in total. The van der Waals surface area contributed by atoms with Crippen LogP contribution in [0.25, 0.3) is 0 Å². The summed E-state index contributed by atoms with van der Waals surface area (Å²) in [5, 5.41) is 19.5. The number of esters is 2. The van der Waals surface area contributed by atoms with Gasteiger partial charge in [0.15, 0.2) is 0 Å². The molecular weight excluding hydrogens is 664 g/mol. The van der Waals surface area contributed by atoms with Gasteiger partial charge in [0.25, 0.3) is 0 Å². The maximum Gasteiger partial charge on any atom is 0.330 e. The van der Waals surface area contributed by atoms with E-state index < -0.39 is 24.1 Å². The first kappa shape index (κ1) is 41.9. The van der Waals surface area contributed by atoms with E-state index in [1.54, 1.807) is 0 Å². The highest BCUT2D eigenvalue weighted by Crippen LogP contribution is 2.30. The molecule has 3 aromatic rings. The lowest BCUT2D eigenvalue weighted by atomic mass is 9.89. The summed E-state index contributed by atoms with van der Waals surface area (Å²) in [6, 6.07) is 25.3. The van der Waals surface area contributed by atoms with Gasteiger partial charge >= 0.3 is 11.9 Å². The fourth-order valence-corrected chi connectivity index (χ4v) is 5.17. The highest BCUT2D eigenvalue weighted by Gasteiger charge is 2.13. The van der Waals surface area contributed by atoms with E-state index in [1.165, 1.54) is 22.3 Å². The summed E-state index contributed by atoms with van der Waals surface area (Å²) in [7, 11) is 0. The third-order valence-corrected chi connectivity index (χ3v) is 8.39. The van der Waals surface area contributed by atoms with Gasteiger partial charge in [-0.25, -0.2) is 9.59 Å². The van der Waals surface area contributed by atoms with E-state index in [1.807, 2.05) is 24.3 Å². The maximum atomic E-state index is 11.0. The van der Waals surface area contributed by atoms with Gasteiger partial charge in [-0.3, -0.25) is 0 Å². The Morgan fingerprint density at radius 3 is 1.17 bits per heavy atom. The SMILES string of the molecule is C=CC(=O)OCC(O)COCCCCOc1ccc(C(C)c2ccc(C(C)c3ccc(OCCCCOCC(O)COC(=O)C=C)cc3)cc2)cc1. The molecule has 0 bridgehead atoms. The van der Waals surface area contributed by atoms with Crippen LogP contribution in [0.15, 0.2) is 98.1 Å². The maximum absolute atomic E-state index is 11.0.